The molecule has 2 aromatic heterocycles. The highest BCUT2D eigenvalue weighted by molar-refractivity contribution is 6.35. The molecule has 2 aromatic carbocycles. The first-order chi connectivity index (χ1) is 20.4. The van der Waals surface area contributed by atoms with Crippen molar-refractivity contribution in [2.75, 3.05) is 49.2 Å². The van der Waals surface area contributed by atoms with Gasteiger partial charge in [-0.15, -0.1) is 0 Å². The van der Waals surface area contributed by atoms with E-state index in [-0.39, 0.29) is 11.8 Å². The Morgan fingerprint density at radius 3 is 2.50 bits per heavy atom. The summed E-state index contributed by atoms with van der Waals surface area (Å²) in [5.74, 6) is 0.369. The Bertz CT molecular complexity index is 1510. The molecule has 0 amide bonds. The lowest BCUT2D eigenvalue weighted by molar-refractivity contribution is -0.385. The van der Waals surface area contributed by atoms with Crippen LogP contribution in [0.25, 0.3) is 0 Å². The zero-order chi connectivity index (χ0) is 29.1. The van der Waals surface area contributed by atoms with E-state index >= 15 is 0 Å². The number of halogens is 2. The number of hydrogen-bond acceptors (Lipinski definition) is 9. The normalized spacial score (nSPS) is 20.6. The van der Waals surface area contributed by atoms with E-state index in [0.29, 0.717) is 35.4 Å². The minimum atomic E-state index is -1.10. The molecule has 0 saturated carbocycles. The van der Waals surface area contributed by atoms with Gasteiger partial charge in [0.1, 0.15) is 30.5 Å². The number of nitrogens with zero attached hydrogens (tertiary/aromatic N) is 6. The van der Waals surface area contributed by atoms with Crippen molar-refractivity contribution in [3.63, 3.8) is 0 Å². The fourth-order valence-electron chi connectivity index (χ4n) is 5.18. The summed E-state index contributed by atoms with van der Waals surface area (Å²) in [5.41, 5.74) is 1.78. The third-order valence-electron chi connectivity index (χ3n) is 7.34. The van der Waals surface area contributed by atoms with Gasteiger partial charge in [-0.3, -0.25) is 10.1 Å². The van der Waals surface area contributed by atoms with Crippen molar-refractivity contribution < 1.29 is 19.1 Å². The van der Waals surface area contributed by atoms with Gasteiger partial charge in [0, 0.05) is 60.9 Å². The van der Waals surface area contributed by atoms with Crippen LogP contribution in [-0.4, -0.2) is 65.0 Å². The van der Waals surface area contributed by atoms with Crippen LogP contribution in [0.2, 0.25) is 10.0 Å². The number of piperazine rings is 1. The summed E-state index contributed by atoms with van der Waals surface area (Å²) in [5, 5.41) is 11.9. The van der Waals surface area contributed by atoms with Gasteiger partial charge in [-0.1, -0.05) is 29.3 Å². The van der Waals surface area contributed by atoms with E-state index in [1.165, 1.54) is 12.3 Å². The molecular formula is C29H28Cl2N6O5. The summed E-state index contributed by atoms with van der Waals surface area (Å²) in [4.78, 5) is 23.3. The van der Waals surface area contributed by atoms with Crippen molar-refractivity contribution in [2.45, 2.75) is 18.4 Å². The lowest BCUT2D eigenvalue weighted by atomic mass is 10.1. The largest absolute Gasteiger partial charge is 0.491 e. The lowest BCUT2D eigenvalue weighted by Gasteiger charge is -2.36. The topological polar surface area (TPSA) is 108 Å². The standard InChI is InChI=1S/C29H28Cl2N6O5/c30-21-1-7-26(27(31)15-21)29(19-34-10-9-32-20-34)41-18-25(42-29)17-40-24-5-2-22(3-6-24)35-11-13-36(14-12-35)28-8-4-23(16-33-28)37(38)39/h1-10,15-16,20,25H,11-14,17-19H2/t25-,29-/m1/s1. The molecule has 42 heavy (non-hydrogen) atoms. The van der Waals surface area contributed by atoms with E-state index in [0.717, 1.165) is 43.4 Å². The van der Waals surface area contributed by atoms with Gasteiger partial charge in [-0.25, -0.2) is 9.97 Å². The molecule has 0 spiro atoms. The van der Waals surface area contributed by atoms with Crippen LogP contribution in [0.5, 0.6) is 5.75 Å². The zero-order valence-corrected chi connectivity index (χ0v) is 24.0. The van der Waals surface area contributed by atoms with E-state index in [2.05, 4.69) is 19.8 Å². The third-order valence-corrected chi connectivity index (χ3v) is 7.88. The predicted molar refractivity (Wildman–Crippen MR) is 158 cm³/mol. The second kappa shape index (κ2) is 12.1. The zero-order valence-electron chi connectivity index (χ0n) is 22.5. The minimum absolute atomic E-state index is 0.00789. The number of aromatic nitrogens is 3. The number of rotatable bonds is 9. The van der Waals surface area contributed by atoms with Crippen LogP contribution in [0.1, 0.15) is 5.56 Å². The summed E-state index contributed by atoms with van der Waals surface area (Å²) < 4.78 is 20.7. The van der Waals surface area contributed by atoms with Gasteiger partial charge in [-0.05, 0) is 42.5 Å². The second-order valence-electron chi connectivity index (χ2n) is 10.1. The number of nitro groups is 1. The number of anilines is 2. The Morgan fingerprint density at radius 1 is 1.05 bits per heavy atom. The molecule has 0 N–H and O–H groups in total. The predicted octanol–water partition coefficient (Wildman–Crippen LogP) is 5.17. The Labute approximate surface area is 252 Å². The lowest BCUT2D eigenvalue weighted by Crippen LogP contribution is -2.46. The summed E-state index contributed by atoms with van der Waals surface area (Å²) in [6, 6.07) is 16.4. The van der Waals surface area contributed by atoms with Crippen molar-refractivity contribution in [1.82, 2.24) is 14.5 Å². The fraction of sp³-hybridized carbons (Fsp3) is 0.310. The molecule has 2 fully saturated rings. The summed E-state index contributed by atoms with van der Waals surface area (Å²) in [6.45, 7) is 4.14. The molecule has 13 heteroatoms. The van der Waals surface area contributed by atoms with Gasteiger partial charge in [0.15, 0.2) is 0 Å². The van der Waals surface area contributed by atoms with E-state index in [1.54, 1.807) is 30.7 Å². The molecule has 2 atom stereocenters. The quantitative estimate of drug-likeness (QED) is 0.187. The number of pyridine rings is 1. The monoisotopic (exact) mass is 610 g/mol. The van der Waals surface area contributed by atoms with E-state index in [4.69, 9.17) is 37.4 Å². The molecule has 0 bridgehead atoms. The first-order valence-electron chi connectivity index (χ1n) is 13.4. The van der Waals surface area contributed by atoms with Crippen molar-refractivity contribution >= 4 is 40.4 Å². The molecule has 0 unspecified atom stereocenters. The van der Waals surface area contributed by atoms with Crippen molar-refractivity contribution in [2.24, 2.45) is 0 Å². The van der Waals surface area contributed by atoms with Crippen LogP contribution < -0.4 is 14.5 Å². The highest BCUT2D eigenvalue weighted by atomic mass is 35.5. The van der Waals surface area contributed by atoms with Gasteiger partial charge in [0.25, 0.3) is 5.69 Å². The Morgan fingerprint density at radius 2 is 1.83 bits per heavy atom. The maximum atomic E-state index is 10.9. The van der Waals surface area contributed by atoms with Crippen LogP contribution in [0.4, 0.5) is 17.2 Å². The van der Waals surface area contributed by atoms with E-state index in [1.807, 2.05) is 41.1 Å². The smallest absolute Gasteiger partial charge is 0.287 e. The van der Waals surface area contributed by atoms with Gasteiger partial charge < -0.3 is 28.6 Å². The number of ether oxygens (including phenoxy) is 3. The van der Waals surface area contributed by atoms with Crippen molar-refractivity contribution in [1.29, 1.82) is 0 Å². The highest BCUT2D eigenvalue weighted by Crippen LogP contribution is 2.40. The first-order valence-corrected chi connectivity index (χ1v) is 14.2. The molecule has 11 nitrogen and oxygen atoms in total. The molecule has 218 valence electrons. The van der Waals surface area contributed by atoms with Crippen LogP contribution in [0, 0.1) is 10.1 Å². The SMILES string of the molecule is O=[N+]([O-])c1ccc(N2CCN(c3ccc(OC[C@@H]4CO[C@@](Cn5ccnc5)(c5ccc(Cl)cc5Cl)O4)cc3)CC2)nc1. The maximum Gasteiger partial charge on any atom is 0.287 e. The van der Waals surface area contributed by atoms with Crippen LogP contribution in [-0.2, 0) is 21.8 Å². The third kappa shape index (κ3) is 6.14. The molecule has 2 aliphatic heterocycles. The Kier molecular flexibility index (Phi) is 8.16. The average molecular weight is 611 g/mol. The van der Waals surface area contributed by atoms with Crippen LogP contribution >= 0.6 is 23.2 Å². The van der Waals surface area contributed by atoms with Crippen LogP contribution in [0.15, 0.2) is 79.5 Å². The number of hydrogen-bond donors (Lipinski definition) is 0. The molecule has 4 aromatic rings. The molecule has 0 aliphatic carbocycles. The summed E-state index contributed by atoms with van der Waals surface area (Å²) >= 11 is 12.7. The summed E-state index contributed by atoms with van der Waals surface area (Å²) in [6.07, 6.45) is 6.23. The molecule has 4 heterocycles. The van der Waals surface area contributed by atoms with Crippen molar-refractivity contribution in [3.05, 3.63) is 105 Å². The molecule has 2 saturated heterocycles. The summed E-state index contributed by atoms with van der Waals surface area (Å²) in [7, 11) is 0. The average Bonchev–Trinajstić information content (AvgIpc) is 3.67. The van der Waals surface area contributed by atoms with E-state index in [9.17, 15) is 10.1 Å². The molecule has 0 radical (unpaired) electrons. The van der Waals surface area contributed by atoms with Crippen LogP contribution in [0.3, 0.4) is 0 Å². The molecular weight excluding hydrogens is 583 g/mol. The van der Waals surface area contributed by atoms with E-state index < -0.39 is 10.7 Å². The van der Waals surface area contributed by atoms with Gasteiger partial charge in [0.05, 0.1) is 29.4 Å². The Balaban J connectivity index is 1.04. The second-order valence-corrected chi connectivity index (χ2v) is 10.9. The highest BCUT2D eigenvalue weighted by Gasteiger charge is 2.45. The number of benzene rings is 2. The van der Waals surface area contributed by atoms with Crippen molar-refractivity contribution in [3.8, 4) is 5.75 Å². The number of imidazole rings is 1. The maximum absolute atomic E-state index is 10.9. The first kappa shape index (κ1) is 28.2. The molecule has 6 rings (SSSR count). The van der Waals surface area contributed by atoms with Gasteiger partial charge in [-0.2, -0.15) is 0 Å². The minimum Gasteiger partial charge on any atom is -0.491 e. The Hall–Kier alpha value is -3.90. The van der Waals surface area contributed by atoms with Gasteiger partial charge >= 0.3 is 0 Å². The molecule has 2 aliphatic rings. The fourth-order valence-corrected chi connectivity index (χ4v) is 5.74. The van der Waals surface area contributed by atoms with Gasteiger partial charge in [0.2, 0.25) is 5.79 Å².